The predicted molar refractivity (Wildman–Crippen MR) is 152 cm³/mol. The van der Waals surface area contributed by atoms with E-state index in [2.05, 4.69) is 24.1 Å². The Kier molecular flexibility index (Phi) is 5.99. The number of carbonyl (C=O) groups is 2. The molecule has 0 fully saturated rings. The predicted octanol–water partition coefficient (Wildman–Crippen LogP) is 6.77. The first-order chi connectivity index (χ1) is 19.0. The molecule has 196 valence electrons. The lowest BCUT2D eigenvalue weighted by atomic mass is 9.77. The zero-order valence-corrected chi connectivity index (χ0v) is 22.1. The normalized spacial score (nSPS) is 16.4. The Hall–Kier alpha value is -4.78. The molecule has 7 nitrogen and oxygen atoms in total. The maximum absolute atomic E-state index is 13.2. The number of urea groups is 1. The standard InChI is InChI=1S/C32H29N3O4/c1-4-35(5-2)23-15-17-26-29(20-23)38-28-18-16-22(34(3)31(37)33-21-11-7-6-8-12-21)19-27(28)32(26)25-14-10-9-13-24(25)30(36)39-32/h6-20H,4-5H2,1-3H3,(H,33,37). The minimum absolute atomic E-state index is 0.292. The molecule has 4 aromatic rings. The molecule has 0 saturated heterocycles. The van der Waals surface area contributed by atoms with Gasteiger partial charge in [0.2, 0.25) is 0 Å². The molecule has 0 aromatic heterocycles. The minimum Gasteiger partial charge on any atom is -0.456 e. The van der Waals surface area contributed by atoms with E-state index in [1.807, 2.05) is 84.9 Å². The fraction of sp³-hybridized carbons (Fsp3) is 0.188. The molecule has 0 saturated carbocycles. The molecule has 4 aromatic carbocycles. The maximum Gasteiger partial charge on any atom is 0.340 e. The average Bonchev–Trinajstić information content (AvgIpc) is 3.26. The number of esters is 1. The number of fused-ring (bicyclic) bond motifs is 6. The molecule has 2 heterocycles. The molecule has 0 bridgehead atoms. The Morgan fingerprint density at radius 1 is 0.795 bits per heavy atom. The van der Waals surface area contributed by atoms with Crippen molar-refractivity contribution < 1.29 is 19.1 Å². The van der Waals surface area contributed by atoms with Crippen molar-refractivity contribution in [2.24, 2.45) is 0 Å². The van der Waals surface area contributed by atoms with E-state index in [-0.39, 0.29) is 6.03 Å². The number of para-hydroxylation sites is 1. The Balaban J connectivity index is 1.48. The lowest BCUT2D eigenvalue weighted by Gasteiger charge is -2.37. The minimum atomic E-state index is -1.20. The van der Waals surface area contributed by atoms with Crippen LogP contribution < -0.4 is 19.9 Å². The zero-order valence-electron chi connectivity index (χ0n) is 22.1. The number of hydrogen-bond acceptors (Lipinski definition) is 5. The van der Waals surface area contributed by atoms with Crippen LogP contribution in [0.4, 0.5) is 21.9 Å². The van der Waals surface area contributed by atoms with Gasteiger partial charge in [-0.15, -0.1) is 0 Å². The van der Waals surface area contributed by atoms with Crippen LogP contribution in [0.5, 0.6) is 11.5 Å². The summed E-state index contributed by atoms with van der Waals surface area (Å²) >= 11 is 0. The van der Waals surface area contributed by atoms with Gasteiger partial charge in [-0.25, -0.2) is 9.59 Å². The summed E-state index contributed by atoms with van der Waals surface area (Å²) in [4.78, 5) is 30.1. The molecule has 1 unspecified atom stereocenters. The lowest BCUT2D eigenvalue weighted by Crippen LogP contribution is -2.35. The fourth-order valence-corrected chi connectivity index (χ4v) is 5.49. The second-order valence-corrected chi connectivity index (χ2v) is 9.61. The highest BCUT2D eigenvalue weighted by Crippen LogP contribution is 2.57. The third-order valence-corrected chi connectivity index (χ3v) is 7.52. The van der Waals surface area contributed by atoms with Crippen LogP contribution in [0.15, 0.2) is 91.0 Å². The van der Waals surface area contributed by atoms with Crippen molar-refractivity contribution in [1.29, 1.82) is 0 Å². The summed E-state index contributed by atoms with van der Waals surface area (Å²) in [6.07, 6.45) is 0. The molecule has 0 aliphatic carbocycles. The monoisotopic (exact) mass is 519 g/mol. The van der Waals surface area contributed by atoms with Crippen molar-refractivity contribution in [1.82, 2.24) is 0 Å². The molecular formula is C32H29N3O4. The van der Waals surface area contributed by atoms with E-state index in [4.69, 9.17) is 9.47 Å². The quantitative estimate of drug-likeness (QED) is 0.295. The molecule has 0 radical (unpaired) electrons. The Labute approximate surface area is 227 Å². The van der Waals surface area contributed by atoms with E-state index in [0.717, 1.165) is 29.9 Å². The number of ether oxygens (including phenoxy) is 2. The second kappa shape index (κ2) is 9.51. The zero-order chi connectivity index (χ0) is 27.1. The van der Waals surface area contributed by atoms with Gasteiger partial charge in [0.25, 0.3) is 0 Å². The number of hydrogen-bond donors (Lipinski definition) is 1. The summed E-state index contributed by atoms with van der Waals surface area (Å²) in [5.41, 5.74) is 3.85. The molecule has 1 atom stereocenters. The largest absolute Gasteiger partial charge is 0.456 e. The Morgan fingerprint density at radius 2 is 1.51 bits per heavy atom. The van der Waals surface area contributed by atoms with Crippen LogP contribution in [0.1, 0.15) is 40.9 Å². The smallest absolute Gasteiger partial charge is 0.340 e. The van der Waals surface area contributed by atoms with Crippen LogP contribution in [0, 0.1) is 0 Å². The topological polar surface area (TPSA) is 71.1 Å². The van der Waals surface area contributed by atoms with Gasteiger partial charge in [0.15, 0.2) is 5.60 Å². The van der Waals surface area contributed by atoms with Crippen LogP contribution >= 0.6 is 0 Å². The van der Waals surface area contributed by atoms with Crippen LogP contribution in [-0.4, -0.2) is 32.1 Å². The molecule has 2 amide bonds. The third-order valence-electron chi connectivity index (χ3n) is 7.52. The maximum atomic E-state index is 13.2. The van der Waals surface area contributed by atoms with E-state index < -0.39 is 11.6 Å². The van der Waals surface area contributed by atoms with Crippen molar-refractivity contribution in [2.75, 3.05) is 35.3 Å². The molecular weight excluding hydrogens is 490 g/mol. The van der Waals surface area contributed by atoms with Crippen LogP contribution in [0.2, 0.25) is 0 Å². The van der Waals surface area contributed by atoms with Gasteiger partial charge in [0.1, 0.15) is 11.5 Å². The van der Waals surface area contributed by atoms with E-state index in [1.165, 1.54) is 4.90 Å². The number of anilines is 3. The van der Waals surface area contributed by atoms with Crippen LogP contribution in [0.3, 0.4) is 0 Å². The third kappa shape index (κ3) is 3.89. The molecule has 39 heavy (non-hydrogen) atoms. The molecule has 7 heteroatoms. The SMILES string of the molecule is CCN(CC)c1ccc2c(c1)Oc1ccc(N(C)C(=O)Nc3ccccc3)cc1C21OC(=O)c2ccccc21. The van der Waals surface area contributed by atoms with E-state index in [0.29, 0.717) is 34.0 Å². The summed E-state index contributed by atoms with van der Waals surface area (Å²) in [5, 5.41) is 2.91. The van der Waals surface area contributed by atoms with Crippen molar-refractivity contribution in [3.63, 3.8) is 0 Å². The summed E-state index contributed by atoms with van der Waals surface area (Å²) in [5.74, 6) is 0.821. The average molecular weight is 520 g/mol. The van der Waals surface area contributed by atoms with E-state index >= 15 is 0 Å². The summed E-state index contributed by atoms with van der Waals surface area (Å²) in [7, 11) is 1.70. The van der Waals surface area contributed by atoms with Crippen LogP contribution in [0.25, 0.3) is 0 Å². The van der Waals surface area contributed by atoms with Crippen molar-refractivity contribution in [3.8, 4) is 11.5 Å². The number of nitrogens with zero attached hydrogens (tertiary/aromatic N) is 2. The van der Waals surface area contributed by atoms with Gasteiger partial charge in [-0.1, -0.05) is 36.4 Å². The highest BCUT2D eigenvalue weighted by atomic mass is 16.6. The van der Waals surface area contributed by atoms with Crippen LogP contribution in [-0.2, 0) is 10.3 Å². The highest BCUT2D eigenvalue weighted by Gasteiger charge is 2.53. The van der Waals surface area contributed by atoms with Crippen molar-refractivity contribution in [2.45, 2.75) is 19.4 Å². The van der Waals surface area contributed by atoms with E-state index in [9.17, 15) is 9.59 Å². The number of nitrogens with one attached hydrogen (secondary N) is 1. The Morgan fingerprint density at radius 3 is 2.28 bits per heavy atom. The van der Waals surface area contributed by atoms with Gasteiger partial charge < -0.3 is 19.7 Å². The van der Waals surface area contributed by atoms with Gasteiger partial charge in [-0.2, -0.15) is 0 Å². The van der Waals surface area contributed by atoms with Gasteiger partial charge in [0.05, 0.1) is 5.56 Å². The first-order valence-electron chi connectivity index (χ1n) is 13.1. The fourth-order valence-electron chi connectivity index (χ4n) is 5.49. The van der Waals surface area contributed by atoms with Crippen molar-refractivity contribution >= 4 is 29.1 Å². The van der Waals surface area contributed by atoms with Gasteiger partial charge >= 0.3 is 12.0 Å². The van der Waals surface area contributed by atoms with Crippen molar-refractivity contribution in [3.05, 3.63) is 113 Å². The van der Waals surface area contributed by atoms with Gasteiger partial charge in [-0.3, -0.25) is 4.90 Å². The van der Waals surface area contributed by atoms with Gasteiger partial charge in [0, 0.05) is 60.0 Å². The number of rotatable bonds is 5. The summed E-state index contributed by atoms with van der Waals surface area (Å²) in [6, 6.07) is 28.0. The summed E-state index contributed by atoms with van der Waals surface area (Å²) < 4.78 is 12.8. The molecule has 1 spiro atoms. The van der Waals surface area contributed by atoms with E-state index in [1.54, 1.807) is 13.1 Å². The Bertz CT molecular complexity index is 1580. The molecule has 2 aliphatic rings. The number of benzene rings is 4. The first kappa shape index (κ1) is 24.6. The van der Waals surface area contributed by atoms with Gasteiger partial charge in [-0.05, 0) is 62.4 Å². The number of amides is 2. The lowest BCUT2D eigenvalue weighted by molar-refractivity contribution is 0.0224. The molecule has 6 rings (SSSR count). The first-order valence-corrected chi connectivity index (χ1v) is 13.1. The summed E-state index contributed by atoms with van der Waals surface area (Å²) in [6.45, 7) is 5.94. The highest BCUT2D eigenvalue weighted by molar-refractivity contribution is 6.02. The second-order valence-electron chi connectivity index (χ2n) is 9.61. The molecule has 2 aliphatic heterocycles. The number of carbonyl (C=O) groups excluding carboxylic acids is 2. The molecule has 1 N–H and O–H groups in total.